The number of carbonyl (C=O) groups is 2. The lowest BCUT2D eigenvalue weighted by atomic mass is 9.97. The van der Waals surface area contributed by atoms with Crippen molar-refractivity contribution in [3.05, 3.63) is 34.2 Å². The van der Waals surface area contributed by atoms with E-state index in [2.05, 4.69) is 4.98 Å². The molecule has 0 spiro atoms. The van der Waals surface area contributed by atoms with E-state index in [9.17, 15) is 14.4 Å². The third-order valence-corrected chi connectivity index (χ3v) is 3.38. The number of likely N-dealkylation sites (tertiary alicyclic amines) is 1. The number of carbonyl (C=O) groups excluding carboxylic acids is 2. The van der Waals surface area contributed by atoms with Crippen molar-refractivity contribution in [1.29, 1.82) is 0 Å². The molecule has 108 valence electrons. The first kappa shape index (κ1) is 14.3. The van der Waals surface area contributed by atoms with Crippen LogP contribution in [-0.2, 0) is 9.53 Å². The van der Waals surface area contributed by atoms with Crippen LogP contribution in [0, 0.1) is 5.92 Å². The normalized spacial score (nSPS) is 18.6. The van der Waals surface area contributed by atoms with Crippen LogP contribution in [0.4, 0.5) is 0 Å². The molecule has 1 atom stereocenters. The number of amides is 1. The maximum absolute atomic E-state index is 12.3. The number of piperidine rings is 1. The van der Waals surface area contributed by atoms with Gasteiger partial charge in [-0.05, 0) is 31.9 Å². The number of aromatic nitrogens is 1. The molecule has 1 aliphatic heterocycles. The fourth-order valence-electron chi connectivity index (χ4n) is 2.37. The Balaban J connectivity index is 2.09. The molecule has 2 heterocycles. The van der Waals surface area contributed by atoms with Gasteiger partial charge in [-0.3, -0.25) is 14.4 Å². The van der Waals surface area contributed by atoms with Crippen molar-refractivity contribution in [3.8, 4) is 0 Å². The molecule has 1 N–H and O–H groups in total. The van der Waals surface area contributed by atoms with Gasteiger partial charge in [0.15, 0.2) is 0 Å². The Labute approximate surface area is 116 Å². The maximum atomic E-state index is 12.3. The zero-order chi connectivity index (χ0) is 14.5. The average molecular weight is 278 g/mol. The van der Waals surface area contributed by atoms with E-state index >= 15 is 0 Å². The Kier molecular flexibility index (Phi) is 4.55. The Morgan fingerprint density at radius 3 is 3.00 bits per heavy atom. The fraction of sp³-hybridized carbons (Fsp3) is 0.500. The minimum absolute atomic E-state index is 0.108. The lowest BCUT2D eigenvalue weighted by Crippen LogP contribution is -2.44. The highest BCUT2D eigenvalue weighted by atomic mass is 16.5. The van der Waals surface area contributed by atoms with Crippen LogP contribution in [0.25, 0.3) is 0 Å². The van der Waals surface area contributed by atoms with E-state index in [1.165, 1.54) is 12.3 Å². The van der Waals surface area contributed by atoms with Gasteiger partial charge in [-0.15, -0.1) is 0 Å². The number of aromatic amines is 1. The first-order valence-corrected chi connectivity index (χ1v) is 6.77. The predicted molar refractivity (Wildman–Crippen MR) is 72.3 cm³/mol. The zero-order valence-corrected chi connectivity index (χ0v) is 11.4. The van der Waals surface area contributed by atoms with Crippen LogP contribution < -0.4 is 5.56 Å². The predicted octanol–water partition coefficient (Wildman–Crippen LogP) is 0.790. The van der Waals surface area contributed by atoms with Crippen LogP contribution >= 0.6 is 0 Å². The molecule has 0 bridgehead atoms. The largest absolute Gasteiger partial charge is 0.466 e. The van der Waals surface area contributed by atoms with E-state index in [4.69, 9.17) is 4.74 Å². The summed E-state index contributed by atoms with van der Waals surface area (Å²) in [5, 5.41) is 0. The van der Waals surface area contributed by atoms with Crippen LogP contribution in [0.15, 0.2) is 23.1 Å². The van der Waals surface area contributed by atoms with Crippen LogP contribution in [0.1, 0.15) is 30.1 Å². The van der Waals surface area contributed by atoms with Crippen molar-refractivity contribution in [1.82, 2.24) is 9.88 Å². The quantitative estimate of drug-likeness (QED) is 0.829. The van der Waals surface area contributed by atoms with Gasteiger partial charge in [0.2, 0.25) is 0 Å². The molecule has 0 radical (unpaired) electrons. The van der Waals surface area contributed by atoms with Gasteiger partial charge in [0.1, 0.15) is 5.56 Å². The molecule has 1 fully saturated rings. The highest BCUT2D eigenvalue weighted by Gasteiger charge is 2.30. The van der Waals surface area contributed by atoms with Crippen LogP contribution in [-0.4, -0.2) is 41.5 Å². The highest BCUT2D eigenvalue weighted by Crippen LogP contribution is 2.19. The van der Waals surface area contributed by atoms with Crippen molar-refractivity contribution in [3.63, 3.8) is 0 Å². The molecular formula is C14H18N2O4. The van der Waals surface area contributed by atoms with Gasteiger partial charge in [-0.1, -0.05) is 0 Å². The van der Waals surface area contributed by atoms with Crippen molar-refractivity contribution in [2.75, 3.05) is 19.7 Å². The Bertz CT molecular complexity index is 552. The lowest BCUT2D eigenvalue weighted by molar-refractivity contribution is -0.149. The molecule has 1 saturated heterocycles. The second-order valence-electron chi connectivity index (χ2n) is 4.76. The van der Waals surface area contributed by atoms with Crippen molar-refractivity contribution >= 4 is 11.9 Å². The molecule has 6 nitrogen and oxygen atoms in total. The number of nitrogens with one attached hydrogen (secondary N) is 1. The van der Waals surface area contributed by atoms with Gasteiger partial charge in [-0.25, -0.2) is 0 Å². The number of hydrogen-bond acceptors (Lipinski definition) is 4. The van der Waals surface area contributed by atoms with Crippen LogP contribution in [0.2, 0.25) is 0 Å². The minimum atomic E-state index is -0.407. The average Bonchev–Trinajstić information content (AvgIpc) is 2.47. The third kappa shape index (κ3) is 3.07. The summed E-state index contributed by atoms with van der Waals surface area (Å²) in [6.07, 6.45) is 2.93. The first-order chi connectivity index (χ1) is 9.63. The molecule has 0 unspecified atom stereocenters. The molecule has 1 aromatic heterocycles. The smallest absolute Gasteiger partial charge is 0.310 e. The summed E-state index contributed by atoms with van der Waals surface area (Å²) in [5.74, 6) is -0.900. The van der Waals surface area contributed by atoms with Gasteiger partial charge in [0.05, 0.1) is 12.5 Å². The number of nitrogens with zero attached hydrogens (tertiary/aromatic N) is 1. The van der Waals surface area contributed by atoms with Crippen LogP contribution in [0.3, 0.4) is 0 Å². The van der Waals surface area contributed by atoms with E-state index in [0.717, 1.165) is 6.42 Å². The molecule has 1 aromatic rings. The fourth-order valence-corrected chi connectivity index (χ4v) is 2.37. The van der Waals surface area contributed by atoms with Gasteiger partial charge in [-0.2, -0.15) is 0 Å². The Hall–Kier alpha value is -2.11. The molecule has 1 amide bonds. The van der Waals surface area contributed by atoms with Gasteiger partial charge in [0, 0.05) is 19.3 Å². The zero-order valence-electron chi connectivity index (χ0n) is 11.4. The monoisotopic (exact) mass is 278 g/mol. The number of hydrogen-bond donors (Lipinski definition) is 1. The summed E-state index contributed by atoms with van der Waals surface area (Å²) in [6.45, 7) is 2.96. The summed E-state index contributed by atoms with van der Waals surface area (Å²) < 4.78 is 4.99. The Morgan fingerprint density at radius 1 is 1.50 bits per heavy atom. The van der Waals surface area contributed by atoms with E-state index in [-0.39, 0.29) is 23.4 Å². The molecule has 6 heteroatoms. The van der Waals surface area contributed by atoms with E-state index in [1.54, 1.807) is 17.9 Å². The van der Waals surface area contributed by atoms with Gasteiger partial charge in [0.25, 0.3) is 11.5 Å². The molecule has 0 saturated carbocycles. The molecular weight excluding hydrogens is 260 g/mol. The van der Waals surface area contributed by atoms with Gasteiger partial charge < -0.3 is 14.6 Å². The number of pyridine rings is 1. The standard InChI is InChI=1S/C14H18N2O4/c1-2-20-14(19)10-5-4-8-16(9-10)13(18)11-6-3-7-15-12(11)17/h3,6-7,10H,2,4-5,8-9H2,1H3,(H,15,17)/t10-/m0/s1. The highest BCUT2D eigenvalue weighted by molar-refractivity contribution is 5.94. The Morgan fingerprint density at radius 2 is 2.30 bits per heavy atom. The van der Waals surface area contributed by atoms with Crippen molar-refractivity contribution in [2.45, 2.75) is 19.8 Å². The molecule has 2 rings (SSSR count). The second kappa shape index (κ2) is 6.36. The molecule has 1 aliphatic rings. The van der Waals surface area contributed by atoms with E-state index in [1.807, 2.05) is 0 Å². The van der Waals surface area contributed by atoms with Gasteiger partial charge >= 0.3 is 5.97 Å². The molecule has 0 aromatic carbocycles. The minimum Gasteiger partial charge on any atom is -0.466 e. The van der Waals surface area contributed by atoms with E-state index < -0.39 is 5.56 Å². The topological polar surface area (TPSA) is 79.5 Å². The third-order valence-electron chi connectivity index (χ3n) is 3.38. The molecule has 0 aliphatic carbocycles. The number of rotatable bonds is 3. The summed E-state index contributed by atoms with van der Waals surface area (Å²) >= 11 is 0. The second-order valence-corrected chi connectivity index (χ2v) is 4.76. The summed E-state index contributed by atoms with van der Waals surface area (Å²) in [4.78, 5) is 39.7. The maximum Gasteiger partial charge on any atom is 0.310 e. The molecule has 20 heavy (non-hydrogen) atoms. The summed E-state index contributed by atoms with van der Waals surface area (Å²) in [6, 6.07) is 3.11. The SMILES string of the molecule is CCOC(=O)[C@H]1CCCN(C(=O)c2ccc[nH]c2=O)C1. The number of H-pyrrole nitrogens is 1. The van der Waals surface area contributed by atoms with Crippen LogP contribution in [0.5, 0.6) is 0 Å². The number of ether oxygens (including phenoxy) is 1. The lowest BCUT2D eigenvalue weighted by Gasteiger charge is -2.31. The van der Waals surface area contributed by atoms with E-state index in [0.29, 0.717) is 26.1 Å². The van der Waals surface area contributed by atoms with Crippen molar-refractivity contribution < 1.29 is 14.3 Å². The number of esters is 1. The first-order valence-electron chi connectivity index (χ1n) is 6.77. The van der Waals surface area contributed by atoms with Crippen molar-refractivity contribution in [2.24, 2.45) is 5.92 Å². The summed E-state index contributed by atoms with van der Waals surface area (Å²) in [5.41, 5.74) is -0.298. The summed E-state index contributed by atoms with van der Waals surface area (Å²) in [7, 11) is 0.